The third kappa shape index (κ3) is 2.13. The molecule has 2 heterocycles. The maximum Gasteiger partial charge on any atom is 0.328 e. The molecule has 0 bridgehead atoms. The molecule has 1 aliphatic rings. The van der Waals surface area contributed by atoms with E-state index in [0.29, 0.717) is 6.61 Å². The van der Waals surface area contributed by atoms with Crippen LogP contribution in [0.1, 0.15) is 19.8 Å². The molecule has 1 unspecified atom stereocenters. The van der Waals surface area contributed by atoms with Crippen molar-refractivity contribution in [2.75, 3.05) is 18.1 Å². The van der Waals surface area contributed by atoms with E-state index < -0.39 is 0 Å². The van der Waals surface area contributed by atoms with Gasteiger partial charge in [-0.1, -0.05) is 0 Å². The molecule has 0 spiro atoms. The maximum absolute atomic E-state index is 11.7. The Balaban J connectivity index is 2.12. The fourth-order valence-corrected chi connectivity index (χ4v) is 1.94. The number of ether oxygens (including phenoxy) is 1. The Morgan fingerprint density at radius 3 is 3.31 bits per heavy atom. The molecule has 0 aromatic carbocycles. The zero-order valence-electron chi connectivity index (χ0n) is 9.22. The van der Waals surface area contributed by atoms with Crippen LogP contribution in [0, 0.1) is 6.33 Å². The van der Waals surface area contributed by atoms with Gasteiger partial charge in [-0.25, -0.2) is 14.8 Å². The van der Waals surface area contributed by atoms with Gasteiger partial charge in [-0.15, -0.1) is 0 Å². The molecule has 1 aliphatic heterocycles. The molecule has 5 heteroatoms. The van der Waals surface area contributed by atoms with Crippen molar-refractivity contribution in [2.24, 2.45) is 0 Å². The van der Waals surface area contributed by atoms with Crippen LogP contribution in [0.3, 0.4) is 0 Å². The number of carbonyl (C=O) groups is 1. The molecule has 1 saturated heterocycles. The van der Waals surface area contributed by atoms with E-state index in [1.165, 1.54) is 0 Å². The van der Waals surface area contributed by atoms with Crippen LogP contribution < -0.4 is 4.90 Å². The highest BCUT2D eigenvalue weighted by atomic mass is 16.5. The van der Waals surface area contributed by atoms with Gasteiger partial charge in [0, 0.05) is 12.7 Å². The molecule has 0 saturated carbocycles. The van der Waals surface area contributed by atoms with Gasteiger partial charge < -0.3 is 9.64 Å². The minimum Gasteiger partial charge on any atom is -0.464 e. The number of nitrogens with zero attached hydrogens (tertiary/aromatic N) is 3. The van der Waals surface area contributed by atoms with Crippen LogP contribution in [0.5, 0.6) is 0 Å². The molecule has 0 amide bonds. The van der Waals surface area contributed by atoms with E-state index in [0.717, 1.165) is 25.2 Å². The fourth-order valence-electron chi connectivity index (χ4n) is 1.94. The summed E-state index contributed by atoms with van der Waals surface area (Å²) in [5, 5.41) is 0. The first-order valence-electron chi connectivity index (χ1n) is 5.45. The van der Waals surface area contributed by atoms with Crippen LogP contribution >= 0.6 is 0 Å². The second-order valence-electron chi connectivity index (χ2n) is 3.62. The largest absolute Gasteiger partial charge is 0.464 e. The van der Waals surface area contributed by atoms with Crippen molar-refractivity contribution in [3.8, 4) is 0 Å². The highest BCUT2D eigenvalue weighted by molar-refractivity contribution is 5.80. The quantitative estimate of drug-likeness (QED) is 0.705. The number of anilines is 1. The summed E-state index contributed by atoms with van der Waals surface area (Å²) in [5.41, 5.74) is 0. The molecule has 0 N–H and O–H groups in total. The number of esters is 1. The topological polar surface area (TPSA) is 55.3 Å². The SMILES string of the molecule is CCOC(=O)C1CCCN1c1ccn[c]n1. The van der Waals surface area contributed by atoms with Gasteiger partial charge in [0.2, 0.25) is 0 Å². The molecule has 1 aromatic rings. The summed E-state index contributed by atoms with van der Waals surface area (Å²) in [7, 11) is 0. The van der Waals surface area contributed by atoms with Crippen molar-refractivity contribution in [3.63, 3.8) is 0 Å². The molecule has 5 nitrogen and oxygen atoms in total. The molecule has 1 radical (unpaired) electrons. The second-order valence-corrected chi connectivity index (χ2v) is 3.62. The van der Waals surface area contributed by atoms with Gasteiger partial charge in [-0.05, 0) is 25.8 Å². The first kappa shape index (κ1) is 10.9. The number of hydrogen-bond acceptors (Lipinski definition) is 5. The zero-order chi connectivity index (χ0) is 11.4. The third-order valence-corrected chi connectivity index (χ3v) is 2.63. The lowest BCUT2D eigenvalue weighted by molar-refractivity contribution is -0.144. The van der Waals surface area contributed by atoms with E-state index in [1.54, 1.807) is 12.3 Å². The molecule has 2 rings (SSSR count). The Labute approximate surface area is 94.5 Å². The summed E-state index contributed by atoms with van der Waals surface area (Å²) in [6, 6.07) is 1.58. The minimum atomic E-state index is -0.205. The first-order valence-corrected chi connectivity index (χ1v) is 5.45. The summed E-state index contributed by atoms with van der Waals surface area (Å²) < 4.78 is 5.04. The van der Waals surface area contributed by atoms with Crippen LogP contribution in [0.25, 0.3) is 0 Å². The Morgan fingerprint density at radius 2 is 2.62 bits per heavy atom. The molecule has 16 heavy (non-hydrogen) atoms. The average Bonchev–Trinajstić information content (AvgIpc) is 2.79. The highest BCUT2D eigenvalue weighted by Gasteiger charge is 2.32. The van der Waals surface area contributed by atoms with Gasteiger partial charge in [0.1, 0.15) is 11.9 Å². The molecule has 0 aliphatic carbocycles. The molecular formula is C11H14N3O2. The molecule has 1 atom stereocenters. The van der Waals surface area contributed by atoms with Crippen LogP contribution in [0.15, 0.2) is 12.3 Å². The van der Waals surface area contributed by atoms with Crippen LogP contribution in [-0.2, 0) is 9.53 Å². The standard InChI is InChI=1S/C11H14N3O2/c1-2-16-11(15)9-4-3-7-14(9)10-5-6-12-8-13-10/h5-6,9H,2-4,7H2,1H3. The number of hydrogen-bond donors (Lipinski definition) is 0. The lowest BCUT2D eigenvalue weighted by Gasteiger charge is -2.23. The maximum atomic E-state index is 11.7. The van der Waals surface area contributed by atoms with Crippen LogP contribution in [0.2, 0.25) is 0 Å². The van der Waals surface area contributed by atoms with E-state index in [4.69, 9.17) is 4.74 Å². The molecular weight excluding hydrogens is 206 g/mol. The highest BCUT2D eigenvalue weighted by Crippen LogP contribution is 2.23. The molecule has 1 fully saturated rings. The zero-order valence-corrected chi connectivity index (χ0v) is 9.22. The Bertz CT molecular complexity index is 356. The van der Waals surface area contributed by atoms with Crippen molar-refractivity contribution < 1.29 is 9.53 Å². The van der Waals surface area contributed by atoms with E-state index in [2.05, 4.69) is 16.3 Å². The Hall–Kier alpha value is -1.65. The first-order chi connectivity index (χ1) is 7.83. The van der Waals surface area contributed by atoms with Crippen LogP contribution in [-0.4, -0.2) is 35.1 Å². The second kappa shape index (κ2) is 4.92. The van der Waals surface area contributed by atoms with Gasteiger partial charge >= 0.3 is 5.97 Å². The number of carbonyl (C=O) groups excluding carboxylic acids is 1. The predicted octanol–water partition coefficient (Wildman–Crippen LogP) is 0.809. The van der Waals surface area contributed by atoms with Gasteiger partial charge in [0.15, 0.2) is 6.33 Å². The van der Waals surface area contributed by atoms with Gasteiger partial charge in [0.05, 0.1) is 6.61 Å². The van der Waals surface area contributed by atoms with E-state index >= 15 is 0 Å². The molecule has 1 aromatic heterocycles. The van der Waals surface area contributed by atoms with Crippen LogP contribution in [0.4, 0.5) is 5.82 Å². The van der Waals surface area contributed by atoms with Crippen molar-refractivity contribution in [3.05, 3.63) is 18.6 Å². The van der Waals surface area contributed by atoms with Gasteiger partial charge in [-0.2, -0.15) is 0 Å². The van der Waals surface area contributed by atoms with Gasteiger partial charge in [0.25, 0.3) is 0 Å². The summed E-state index contributed by atoms with van der Waals surface area (Å²) in [6.45, 7) is 3.06. The fraction of sp³-hybridized carbons (Fsp3) is 0.545. The monoisotopic (exact) mass is 220 g/mol. The number of rotatable bonds is 3. The van der Waals surface area contributed by atoms with Crippen molar-refractivity contribution in [2.45, 2.75) is 25.8 Å². The molecule has 85 valence electrons. The summed E-state index contributed by atoms with van der Waals surface area (Å²) in [5.74, 6) is 0.573. The smallest absolute Gasteiger partial charge is 0.328 e. The lowest BCUT2D eigenvalue weighted by Crippen LogP contribution is -2.37. The summed E-state index contributed by atoms with van der Waals surface area (Å²) in [4.78, 5) is 21.4. The summed E-state index contributed by atoms with van der Waals surface area (Å²) >= 11 is 0. The van der Waals surface area contributed by atoms with Crippen molar-refractivity contribution in [1.82, 2.24) is 9.97 Å². The average molecular weight is 220 g/mol. The predicted molar refractivity (Wildman–Crippen MR) is 57.9 cm³/mol. The van der Waals surface area contributed by atoms with E-state index in [1.807, 2.05) is 11.8 Å². The summed E-state index contributed by atoms with van der Waals surface area (Å²) in [6.07, 6.45) is 5.97. The number of aromatic nitrogens is 2. The van der Waals surface area contributed by atoms with E-state index in [-0.39, 0.29) is 12.0 Å². The lowest BCUT2D eigenvalue weighted by atomic mass is 10.2. The normalized spacial score (nSPS) is 19.8. The Morgan fingerprint density at radius 1 is 1.75 bits per heavy atom. The van der Waals surface area contributed by atoms with Crippen molar-refractivity contribution >= 4 is 11.8 Å². The van der Waals surface area contributed by atoms with Crippen molar-refractivity contribution in [1.29, 1.82) is 0 Å². The Kier molecular flexibility index (Phi) is 3.34. The minimum absolute atomic E-state index is 0.168. The van der Waals surface area contributed by atoms with Gasteiger partial charge in [-0.3, -0.25) is 0 Å². The van der Waals surface area contributed by atoms with E-state index in [9.17, 15) is 4.79 Å². The third-order valence-electron chi connectivity index (χ3n) is 2.63.